The van der Waals surface area contributed by atoms with Gasteiger partial charge in [-0.25, -0.2) is 9.67 Å². The van der Waals surface area contributed by atoms with Gasteiger partial charge in [-0.15, -0.1) is 0 Å². The van der Waals surface area contributed by atoms with Gasteiger partial charge in [0.05, 0.1) is 11.4 Å². The number of benzene rings is 2. The molecule has 0 amide bonds. The molecular weight excluding hydrogens is 396 g/mol. The van der Waals surface area contributed by atoms with Crippen molar-refractivity contribution >= 4 is 37.5 Å². The Labute approximate surface area is 139 Å². The lowest BCUT2D eigenvalue weighted by Gasteiger charge is -2.12. The lowest BCUT2D eigenvalue weighted by atomic mass is 10.2. The summed E-state index contributed by atoms with van der Waals surface area (Å²) in [5.41, 5.74) is 3.19. The molecule has 4 nitrogen and oxygen atoms in total. The van der Waals surface area contributed by atoms with Gasteiger partial charge in [0.1, 0.15) is 12.7 Å². The van der Waals surface area contributed by atoms with Crippen molar-refractivity contribution in [2.45, 2.75) is 6.54 Å². The van der Waals surface area contributed by atoms with Crippen molar-refractivity contribution in [2.75, 3.05) is 5.32 Å². The van der Waals surface area contributed by atoms with Crippen molar-refractivity contribution < 1.29 is 0 Å². The number of anilines is 1. The van der Waals surface area contributed by atoms with Crippen LogP contribution in [0.4, 0.5) is 5.69 Å². The van der Waals surface area contributed by atoms with Crippen LogP contribution in [0.15, 0.2) is 64.1 Å². The Morgan fingerprint density at radius 3 is 2.67 bits per heavy atom. The number of hydrogen-bond donors (Lipinski definition) is 1. The number of hydrogen-bond acceptors (Lipinski definition) is 3. The molecule has 0 aliphatic heterocycles. The van der Waals surface area contributed by atoms with E-state index < -0.39 is 0 Å². The summed E-state index contributed by atoms with van der Waals surface area (Å²) in [7, 11) is 0. The predicted octanol–water partition coefficient (Wildman–Crippen LogP) is 4.40. The molecular formula is C15H12Br2N4. The summed E-state index contributed by atoms with van der Waals surface area (Å²) < 4.78 is 3.85. The molecule has 0 spiro atoms. The molecule has 2 aromatic carbocycles. The lowest BCUT2D eigenvalue weighted by molar-refractivity contribution is 0.878. The maximum absolute atomic E-state index is 4.18. The molecule has 6 heteroatoms. The number of nitrogens with zero attached hydrogens (tertiary/aromatic N) is 3. The second kappa shape index (κ2) is 6.41. The molecule has 0 atom stereocenters. The molecule has 0 fully saturated rings. The van der Waals surface area contributed by atoms with Crippen LogP contribution in [0.25, 0.3) is 5.69 Å². The second-order valence-corrected chi connectivity index (χ2v) is 6.17. The summed E-state index contributed by atoms with van der Waals surface area (Å²) >= 11 is 7.00. The smallest absolute Gasteiger partial charge is 0.138 e. The molecule has 0 unspecified atom stereocenters. The SMILES string of the molecule is Brc1ccc(CNc2ccccc2-n2cncn2)cc1Br. The zero-order valence-corrected chi connectivity index (χ0v) is 14.2. The maximum Gasteiger partial charge on any atom is 0.138 e. The minimum Gasteiger partial charge on any atom is -0.379 e. The average Bonchev–Trinajstić information content (AvgIpc) is 3.03. The van der Waals surface area contributed by atoms with Crippen molar-refractivity contribution in [3.63, 3.8) is 0 Å². The minimum absolute atomic E-state index is 0.734. The topological polar surface area (TPSA) is 42.7 Å². The first kappa shape index (κ1) is 14.3. The fourth-order valence-corrected chi connectivity index (χ4v) is 2.68. The monoisotopic (exact) mass is 406 g/mol. The third kappa shape index (κ3) is 3.33. The van der Waals surface area contributed by atoms with E-state index in [4.69, 9.17) is 0 Å². The number of para-hydroxylation sites is 2. The first-order chi connectivity index (χ1) is 10.2. The highest BCUT2D eigenvalue weighted by Crippen LogP contribution is 2.25. The van der Waals surface area contributed by atoms with E-state index in [1.54, 1.807) is 11.0 Å². The van der Waals surface area contributed by atoms with Crippen LogP contribution in [0.3, 0.4) is 0 Å². The molecule has 1 aromatic heterocycles. The van der Waals surface area contributed by atoms with Gasteiger partial charge in [-0.1, -0.05) is 18.2 Å². The Morgan fingerprint density at radius 1 is 1.05 bits per heavy atom. The molecule has 0 radical (unpaired) electrons. The Bertz CT molecular complexity index is 741. The van der Waals surface area contributed by atoms with E-state index in [1.807, 2.05) is 30.3 Å². The molecule has 0 saturated heterocycles. The van der Waals surface area contributed by atoms with Crippen LogP contribution < -0.4 is 5.32 Å². The normalized spacial score (nSPS) is 10.6. The van der Waals surface area contributed by atoms with Crippen molar-refractivity contribution in [1.82, 2.24) is 14.8 Å². The third-order valence-corrected chi connectivity index (χ3v) is 4.92. The van der Waals surface area contributed by atoms with Gasteiger partial charge in [-0.05, 0) is 61.7 Å². The van der Waals surface area contributed by atoms with E-state index in [0.29, 0.717) is 0 Å². The quantitative estimate of drug-likeness (QED) is 0.696. The molecule has 1 heterocycles. The second-order valence-electron chi connectivity index (χ2n) is 4.46. The molecule has 21 heavy (non-hydrogen) atoms. The highest BCUT2D eigenvalue weighted by atomic mass is 79.9. The summed E-state index contributed by atoms with van der Waals surface area (Å²) in [5, 5.41) is 7.62. The first-order valence-electron chi connectivity index (χ1n) is 6.36. The van der Waals surface area contributed by atoms with E-state index in [2.05, 4.69) is 59.4 Å². The molecule has 0 saturated carbocycles. The van der Waals surface area contributed by atoms with Crippen LogP contribution in [0.2, 0.25) is 0 Å². The Morgan fingerprint density at radius 2 is 1.90 bits per heavy atom. The van der Waals surface area contributed by atoms with Crippen LogP contribution in [-0.2, 0) is 6.54 Å². The van der Waals surface area contributed by atoms with E-state index in [0.717, 1.165) is 26.9 Å². The van der Waals surface area contributed by atoms with Gasteiger partial charge in [-0.2, -0.15) is 5.10 Å². The fourth-order valence-electron chi connectivity index (χ4n) is 2.00. The van der Waals surface area contributed by atoms with E-state index in [-0.39, 0.29) is 0 Å². The Hall–Kier alpha value is -1.66. The third-order valence-electron chi connectivity index (χ3n) is 3.04. The zero-order valence-electron chi connectivity index (χ0n) is 11.0. The standard InChI is InChI=1S/C15H12Br2N4/c16-12-6-5-11(7-13(12)17)8-19-14-3-1-2-4-15(14)21-10-18-9-20-21/h1-7,9-10,19H,8H2. The van der Waals surface area contributed by atoms with Crippen LogP contribution in [-0.4, -0.2) is 14.8 Å². The summed E-state index contributed by atoms with van der Waals surface area (Å²) in [6, 6.07) is 14.2. The van der Waals surface area contributed by atoms with Crippen LogP contribution >= 0.6 is 31.9 Å². The molecule has 0 bridgehead atoms. The summed E-state index contributed by atoms with van der Waals surface area (Å²) in [6.45, 7) is 0.734. The maximum atomic E-state index is 4.18. The van der Waals surface area contributed by atoms with Crippen LogP contribution in [0.5, 0.6) is 0 Å². The highest BCUT2D eigenvalue weighted by Gasteiger charge is 2.05. The van der Waals surface area contributed by atoms with Gasteiger partial charge in [0.15, 0.2) is 0 Å². The highest BCUT2D eigenvalue weighted by molar-refractivity contribution is 9.13. The van der Waals surface area contributed by atoms with Gasteiger partial charge in [0, 0.05) is 15.5 Å². The molecule has 3 aromatic rings. The van der Waals surface area contributed by atoms with Gasteiger partial charge >= 0.3 is 0 Å². The molecule has 106 valence electrons. The summed E-state index contributed by atoms with van der Waals surface area (Å²) in [4.78, 5) is 3.99. The molecule has 3 rings (SSSR count). The minimum atomic E-state index is 0.734. The largest absolute Gasteiger partial charge is 0.379 e. The summed E-state index contributed by atoms with van der Waals surface area (Å²) in [5.74, 6) is 0. The van der Waals surface area contributed by atoms with Crippen molar-refractivity contribution in [3.8, 4) is 5.69 Å². The number of nitrogens with one attached hydrogen (secondary N) is 1. The molecule has 0 aliphatic rings. The first-order valence-corrected chi connectivity index (χ1v) is 7.94. The van der Waals surface area contributed by atoms with Gasteiger partial charge in [-0.3, -0.25) is 0 Å². The Kier molecular flexibility index (Phi) is 4.36. The van der Waals surface area contributed by atoms with Gasteiger partial charge < -0.3 is 5.32 Å². The van der Waals surface area contributed by atoms with Gasteiger partial charge in [0.2, 0.25) is 0 Å². The van der Waals surface area contributed by atoms with Crippen molar-refractivity contribution in [1.29, 1.82) is 0 Å². The van der Waals surface area contributed by atoms with Gasteiger partial charge in [0.25, 0.3) is 0 Å². The van der Waals surface area contributed by atoms with E-state index >= 15 is 0 Å². The van der Waals surface area contributed by atoms with E-state index in [9.17, 15) is 0 Å². The van der Waals surface area contributed by atoms with Crippen molar-refractivity contribution in [2.24, 2.45) is 0 Å². The summed E-state index contributed by atoms with van der Waals surface area (Å²) in [6.07, 6.45) is 3.22. The van der Waals surface area contributed by atoms with Crippen LogP contribution in [0, 0.1) is 0 Å². The number of rotatable bonds is 4. The van der Waals surface area contributed by atoms with E-state index in [1.165, 1.54) is 11.9 Å². The Balaban J connectivity index is 1.81. The fraction of sp³-hybridized carbons (Fsp3) is 0.0667. The number of halogens is 2. The van der Waals surface area contributed by atoms with Crippen molar-refractivity contribution in [3.05, 3.63) is 69.6 Å². The lowest BCUT2D eigenvalue weighted by Crippen LogP contribution is -2.04. The number of aromatic nitrogens is 3. The zero-order chi connectivity index (χ0) is 14.7. The average molecular weight is 408 g/mol. The molecule has 0 aliphatic carbocycles. The molecule has 1 N–H and O–H groups in total. The predicted molar refractivity (Wildman–Crippen MR) is 90.5 cm³/mol. The van der Waals surface area contributed by atoms with Crippen LogP contribution in [0.1, 0.15) is 5.56 Å².